The van der Waals surface area contributed by atoms with Gasteiger partial charge >= 0.3 is 0 Å². The number of hydrogen-bond acceptors (Lipinski definition) is 5. The highest BCUT2D eigenvalue weighted by Crippen LogP contribution is 2.24. The van der Waals surface area contributed by atoms with Crippen LogP contribution in [0, 0.1) is 0 Å². The van der Waals surface area contributed by atoms with E-state index in [9.17, 15) is 0 Å². The van der Waals surface area contributed by atoms with Gasteiger partial charge in [0.2, 0.25) is 0 Å². The standard InChI is InChI=1S/C22H44O5/c1-4-25-22(26-5-2,27-6-3)17-15-13-11-9-7-8-10-12-14-16-18-23-19-21-20-24-21/h21H,4-20H2,1-3H3. The molecule has 1 fully saturated rings. The topological polar surface area (TPSA) is 49.5 Å². The molecule has 0 radical (unpaired) electrons. The molecule has 5 heteroatoms. The largest absolute Gasteiger partial charge is 0.379 e. The van der Waals surface area contributed by atoms with Gasteiger partial charge in [0.05, 0.1) is 13.2 Å². The molecule has 1 saturated heterocycles. The molecule has 0 bridgehead atoms. The first-order valence-electron chi connectivity index (χ1n) is 11.4. The molecule has 0 saturated carbocycles. The van der Waals surface area contributed by atoms with Crippen LogP contribution in [0.3, 0.4) is 0 Å². The van der Waals surface area contributed by atoms with E-state index in [1.807, 2.05) is 20.8 Å². The molecule has 0 aliphatic carbocycles. The molecule has 1 unspecified atom stereocenters. The summed E-state index contributed by atoms with van der Waals surface area (Å²) in [5.41, 5.74) is 0. The van der Waals surface area contributed by atoms with Gasteiger partial charge in [-0.2, -0.15) is 0 Å². The number of ether oxygens (including phenoxy) is 5. The minimum Gasteiger partial charge on any atom is -0.379 e. The third-order valence-corrected chi connectivity index (χ3v) is 4.82. The van der Waals surface area contributed by atoms with Gasteiger partial charge in [-0.3, -0.25) is 0 Å². The summed E-state index contributed by atoms with van der Waals surface area (Å²) in [4.78, 5) is 0. The van der Waals surface area contributed by atoms with E-state index >= 15 is 0 Å². The minimum atomic E-state index is -0.826. The highest BCUT2D eigenvalue weighted by molar-refractivity contribution is 4.67. The number of unbranched alkanes of at least 4 members (excludes halogenated alkanes) is 9. The predicted molar refractivity (Wildman–Crippen MR) is 109 cm³/mol. The van der Waals surface area contributed by atoms with Crippen molar-refractivity contribution in [1.82, 2.24) is 0 Å². The van der Waals surface area contributed by atoms with E-state index in [0.717, 1.165) is 32.7 Å². The van der Waals surface area contributed by atoms with Crippen LogP contribution in [0.5, 0.6) is 0 Å². The lowest BCUT2D eigenvalue weighted by Gasteiger charge is -2.32. The zero-order chi connectivity index (χ0) is 19.6. The van der Waals surface area contributed by atoms with Crippen LogP contribution in [0.25, 0.3) is 0 Å². The van der Waals surface area contributed by atoms with Crippen molar-refractivity contribution in [1.29, 1.82) is 0 Å². The Labute approximate surface area is 167 Å². The van der Waals surface area contributed by atoms with Crippen molar-refractivity contribution in [3.63, 3.8) is 0 Å². The van der Waals surface area contributed by atoms with Gasteiger partial charge in [-0.25, -0.2) is 0 Å². The van der Waals surface area contributed by atoms with Gasteiger partial charge < -0.3 is 23.7 Å². The molecule has 1 rings (SSSR count). The van der Waals surface area contributed by atoms with Crippen molar-refractivity contribution in [2.24, 2.45) is 0 Å². The summed E-state index contributed by atoms with van der Waals surface area (Å²) in [6, 6.07) is 0. The molecular weight excluding hydrogens is 344 g/mol. The normalized spacial score (nSPS) is 16.8. The fourth-order valence-corrected chi connectivity index (χ4v) is 3.34. The van der Waals surface area contributed by atoms with E-state index in [1.54, 1.807) is 0 Å². The first-order chi connectivity index (χ1) is 13.3. The smallest absolute Gasteiger partial charge is 0.282 e. The molecule has 1 aliphatic rings. The molecule has 0 spiro atoms. The Balaban J connectivity index is 1.87. The van der Waals surface area contributed by atoms with E-state index in [0.29, 0.717) is 25.9 Å². The summed E-state index contributed by atoms with van der Waals surface area (Å²) >= 11 is 0. The molecular formula is C22H44O5. The van der Waals surface area contributed by atoms with Gasteiger partial charge in [-0.1, -0.05) is 51.4 Å². The Kier molecular flexibility index (Phi) is 15.4. The van der Waals surface area contributed by atoms with Crippen molar-refractivity contribution in [2.45, 2.75) is 103 Å². The fraction of sp³-hybridized carbons (Fsp3) is 1.00. The molecule has 0 aromatic rings. The van der Waals surface area contributed by atoms with E-state index in [1.165, 1.54) is 57.8 Å². The summed E-state index contributed by atoms with van der Waals surface area (Å²) in [6.45, 7) is 10.4. The highest BCUT2D eigenvalue weighted by Gasteiger charge is 2.31. The Hall–Kier alpha value is -0.200. The van der Waals surface area contributed by atoms with Gasteiger partial charge in [0.1, 0.15) is 6.10 Å². The second-order valence-corrected chi connectivity index (χ2v) is 7.30. The Bertz CT molecular complexity index is 303. The third kappa shape index (κ3) is 13.6. The third-order valence-electron chi connectivity index (χ3n) is 4.82. The molecule has 1 aliphatic heterocycles. The Morgan fingerprint density at radius 2 is 1.15 bits per heavy atom. The van der Waals surface area contributed by atoms with E-state index in [4.69, 9.17) is 23.7 Å². The fourth-order valence-electron chi connectivity index (χ4n) is 3.34. The SMILES string of the molecule is CCOC(CCCCCCCCCCCCOCC1CO1)(OCC)OCC. The molecule has 162 valence electrons. The van der Waals surface area contributed by atoms with Crippen LogP contribution < -0.4 is 0 Å². The van der Waals surface area contributed by atoms with E-state index in [2.05, 4.69) is 0 Å². The van der Waals surface area contributed by atoms with Crippen molar-refractivity contribution in [3.05, 3.63) is 0 Å². The van der Waals surface area contributed by atoms with Gasteiger partial charge in [-0.15, -0.1) is 0 Å². The van der Waals surface area contributed by atoms with Crippen LogP contribution in [0.2, 0.25) is 0 Å². The Morgan fingerprint density at radius 3 is 1.59 bits per heavy atom. The number of hydrogen-bond donors (Lipinski definition) is 0. The molecule has 5 nitrogen and oxygen atoms in total. The van der Waals surface area contributed by atoms with Crippen LogP contribution in [0.15, 0.2) is 0 Å². The quantitative estimate of drug-likeness (QED) is 0.148. The van der Waals surface area contributed by atoms with Crippen LogP contribution in [-0.2, 0) is 23.7 Å². The number of rotatable bonds is 21. The molecule has 27 heavy (non-hydrogen) atoms. The summed E-state index contributed by atoms with van der Waals surface area (Å²) in [7, 11) is 0. The summed E-state index contributed by atoms with van der Waals surface area (Å²) in [5.74, 6) is -0.826. The first-order valence-corrected chi connectivity index (χ1v) is 11.4. The zero-order valence-corrected chi connectivity index (χ0v) is 18.1. The highest BCUT2D eigenvalue weighted by atomic mass is 16.9. The van der Waals surface area contributed by atoms with Crippen LogP contribution in [0.4, 0.5) is 0 Å². The molecule has 1 heterocycles. The average Bonchev–Trinajstić information content (AvgIpc) is 3.47. The minimum absolute atomic E-state index is 0.402. The van der Waals surface area contributed by atoms with Crippen molar-refractivity contribution in [2.75, 3.05) is 39.6 Å². The van der Waals surface area contributed by atoms with Crippen molar-refractivity contribution in [3.8, 4) is 0 Å². The van der Waals surface area contributed by atoms with Gasteiger partial charge in [0, 0.05) is 32.8 Å². The lowest BCUT2D eigenvalue weighted by molar-refractivity contribution is -0.380. The maximum absolute atomic E-state index is 5.77. The summed E-state index contributed by atoms with van der Waals surface area (Å²) in [5, 5.41) is 0. The molecule has 0 aromatic heterocycles. The van der Waals surface area contributed by atoms with Crippen LogP contribution in [0.1, 0.15) is 91.4 Å². The second-order valence-electron chi connectivity index (χ2n) is 7.30. The van der Waals surface area contributed by atoms with E-state index < -0.39 is 5.97 Å². The van der Waals surface area contributed by atoms with Gasteiger partial charge in [-0.05, 0) is 33.6 Å². The van der Waals surface area contributed by atoms with Crippen LogP contribution >= 0.6 is 0 Å². The molecule has 0 aromatic carbocycles. The zero-order valence-electron chi connectivity index (χ0n) is 18.1. The lowest BCUT2D eigenvalue weighted by atomic mass is 10.1. The Morgan fingerprint density at radius 1 is 0.704 bits per heavy atom. The monoisotopic (exact) mass is 388 g/mol. The predicted octanol–water partition coefficient (Wildman–Crippen LogP) is 5.46. The van der Waals surface area contributed by atoms with Crippen molar-refractivity contribution < 1.29 is 23.7 Å². The molecule has 0 N–H and O–H groups in total. The summed E-state index contributed by atoms with van der Waals surface area (Å²) < 4.78 is 28.0. The molecule has 0 amide bonds. The lowest BCUT2D eigenvalue weighted by Crippen LogP contribution is -2.39. The van der Waals surface area contributed by atoms with Gasteiger partial charge in [0.25, 0.3) is 5.97 Å². The van der Waals surface area contributed by atoms with Crippen molar-refractivity contribution >= 4 is 0 Å². The first kappa shape index (κ1) is 24.8. The molecule has 1 atom stereocenters. The maximum atomic E-state index is 5.77. The second kappa shape index (κ2) is 16.7. The van der Waals surface area contributed by atoms with E-state index in [-0.39, 0.29) is 0 Å². The maximum Gasteiger partial charge on any atom is 0.282 e. The number of epoxide rings is 1. The summed E-state index contributed by atoms with van der Waals surface area (Å²) in [6.07, 6.45) is 14.0. The van der Waals surface area contributed by atoms with Crippen LogP contribution in [-0.4, -0.2) is 51.7 Å². The average molecular weight is 389 g/mol. The van der Waals surface area contributed by atoms with Gasteiger partial charge in [0.15, 0.2) is 0 Å².